The summed E-state index contributed by atoms with van der Waals surface area (Å²) in [5.74, 6) is -0.543. The average molecular weight is 305 g/mol. The van der Waals surface area contributed by atoms with Crippen molar-refractivity contribution in [2.24, 2.45) is 5.73 Å². The van der Waals surface area contributed by atoms with E-state index in [0.717, 1.165) is 31.5 Å². The van der Waals surface area contributed by atoms with Crippen molar-refractivity contribution in [2.45, 2.75) is 33.2 Å². The summed E-state index contributed by atoms with van der Waals surface area (Å²) in [6.45, 7) is 6.19. The Balaban J connectivity index is 3.17. The highest BCUT2D eigenvalue weighted by atomic mass is 16.2. The predicted octanol–water partition coefficient (Wildman–Crippen LogP) is 2.11. The number of amides is 2. The fourth-order valence-electron chi connectivity index (χ4n) is 2.45. The molecule has 0 atom stereocenters. The molecule has 0 aromatic heterocycles. The minimum atomic E-state index is -0.507. The van der Waals surface area contributed by atoms with Gasteiger partial charge in [-0.2, -0.15) is 0 Å². The van der Waals surface area contributed by atoms with Crippen LogP contribution in [0.4, 0.5) is 0 Å². The second kappa shape index (κ2) is 8.54. The molecule has 1 aromatic rings. The Bertz CT molecular complexity index is 521. The van der Waals surface area contributed by atoms with Crippen LogP contribution in [0, 0.1) is 0 Å². The van der Waals surface area contributed by atoms with Crippen LogP contribution in [0.1, 0.15) is 53.0 Å². The molecule has 0 saturated carbocycles. The van der Waals surface area contributed by atoms with Gasteiger partial charge in [0, 0.05) is 30.8 Å². The Labute approximate surface area is 133 Å². The van der Waals surface area contributed by atoms with Gasteiger partial charge in [0.05, 0.1) is 0 Å². The number of primary amides is 1. The summed E-state index contributed by atoms with van der Waals surface area (Å²) in [6, 6.07) is 5.21. The van der Waals surface area contributed by atoms with Crippen molar-refractivity contribution in [3.8, 4) is 0 Å². The molecular weight excluding hydrogens is 278 g/mol. The monoisotopic (exact) mass is 305 g/mol. The van der Waals surface area contributed by atoms with E-state index in [2.05, 4.69) is 0 Å². The van der Waals surface area contributed by atoms with Crippen LogP contribution in [0.15, 0.2) is 18.2 Å². The number of nitrogens with two attached hydrogens (primary N) is 1. The molecule has 0 bridgehead atoms. The third-order valence-electron chi connectivity index (χ3n) is 3.30. The lowest BCUT2D eigenvalue weighted by atomic mass is 10.0. The van der Waals surface area contributed by atoms with E-state index >= 15 is 0 Å². The van der Waals surface area contributed by atoms with Gasteiger partial charge in [-0.05, 0) is 50.7 Å². The van der Waals surface area contributed by atoms with Gasteiger partial charge >= 0.3 is 0 Å². The van der Waals surface area contributed by atoms with E-state index in [4.69, 9.17) is 5.73 Å². The lowest BCUT2D eigenvalue weighted by Gasteiger charge is -2.22. The van der Waals surface area contributed by atoms with Gasteiger partial charge in [0.1, 0.15) is 0 Å². The van der Waals surface area contributed by atoms with E-state index in [9.17, 15) is 9.59 Å². The van der Waals surface area contributed by atoms with Crippen molar-refractivity contribution in [1.82, 2.24) is 9.80 Å². The maximum Gasteiger partial charge on any atom is 0.253 e. The van der Waals surface area contributed by atoms with Crippen LogP contribution in [-0.4, -0.2) is 48.8 Å². The first-order valence-corrected chi connectivity index (χ1v) is 7.76. The minimum Gasteiger partial charge on any atom is -0.366 e. The molecule has 0 radical (unpaired) electrons. The zero-order valence-electron chi connectivity index (χ0n) is 14.1. The van der Waals surface area contributed by atoms with E-state index in [1.807, 2.05) is 43.8 Å². The van der Waals surface area contributed by atoms with Crippen molar-refractivity contribution < 1.29 is 9.59 Å². The van der Waals surface area contributed by atoms with Crippen molar-refractivity contribution >= 4 is 11.8 Å². The number of rotatable bonds is 8. The van der Waals surface area contributed by atoms with Crippen LogP contribution < -0.4 is 5.73 Å². The summed E-state index contributed by atoms with van der Waals surface area (Å²) >= 11 is 0. The largest absolute Gasteiger partial charge is 0.366 e. The van der Waals surface area contributed by atoms with E-state index in [1.165, 1.54) is 0 Å². The molecule has 0 fully saturated rings. The third-order valence-corrected chi connectivity index (χ3v) is 3.30. The van der Waals surface area contributed by atoms with E-state index in [1.54, 1.807) is 12.1 Å². The molecule has 0 spiro atoms. The lowest BCUT2D eigenvalue weighted by Crippen LogP contribution is -2.32. The van der Waals surface area contributed by atoms with E-state index < -0.39 is 5.91 Å². The number of benzene rings is 1. The van der Waals surface area contributed by atoms with Crippen LogP contribution in [-0.2, 0) is 6.54 Å². The molecular formula is C17H27N3O2. The second-order valence-corrected chi connectivity index (χ2v) is 5.81. The predicted molar refractivity (Wildman–Crippen MR) is 88.8 cm³/mol. The third kappa shape index (κ3) is 5.15. The Morgan fingerprint density at radius 1 is 1.00 bits per heavy atom. The molecule has 1 aromatic carbocycles. The summed E-state index contributed by atoms with van der Waals surface area (Å²) in [4.78, 5) is 28.0. The molecule has 2 amide bonds. The summed E-state index contributed by atoms with van der Waals surface area (Å²) in [7, 11) is 3.89. The number of carbonyl (C=O) groups is 2. The summed E-state index contributed by atoms with van der Waals surface area (Å²) in [6.07, 6.45) is 1.82. The zero-order chi connectivity index (χ0) is 16.7. The maximum absolute atomic E-state index is 12.7. The molecule has 0 saturated heterocycles. The van der Waals surface area contributed by atoms with E-state index in [0.29, 0.717) is 17.7 Å². The molecule has 2 N–H and O–H groups in total. The molecule has 0 aliphatic rings. The summed E-state index contributed by atoms with van der Waals surface area (Å²) in [5.41, 5.74) is 7.23. The smallest absolute Gasteiger partial charge is 0.253 e. The van der Waals surface area contributed by atoms with Crippen molar-refractivity contribution in [1.29, 1.82) is 0 Å². The Kier molecular flexibility index (Phi) is 7.05. The summed E-state index contributed by atoms with van der Waals surface area (Å²) < 4.78 is 0. The standard InChI is InChI=1S/C17H27N3O2/c1-5-7-20(8-6-2)17(22)15-10-13(12-19(3)4)9-14(11-15)16(18)21/h9-11H,5-8,12H2,1-4H3,(H2,18,21). The highest BCUT2D eigenvalue weighted by Crippen LogP contribution is 2.14. The van der Waals surface area contributed by atoms with Gasteiger partial charge in [0.25, 0.3) is 5.91 Å². The molecule has 5 heteroatoms. The highest BCUT2D eigenvalue weighted by molar-refractivity contribution is 5.99. The lowest BCUT2D eigenvalue weighted by molar-refractivity contribution is 0.0755. The minimum absolute atomic E-state index is 0.0354. The molecule has 0 heterocycles. The number of carbonyl (C=O) groups excluding carboxylic acids is 2. The van der Waals surface area contributed by atoms with Gasteiger partial charge in [-0.3, -0.25) is 9.59 Å². The molecule has 1 rings (SSSR count). The quantitative estimate of drug-likeness (QED) is 0.800. The van der Waals surface area contributed by atoms with Crippen molar-refractivity contribution in [3.63, 3.8) is 0 Å². The van der Waals surface area contributed by atoms with Crippen LogP contribution in [0.25, 0.3) is 0 Å². The number of hydrogen-bond acceptors (Lipinski definition) is 3. The Morgan fingerprint density at radius 3 is 2.00 bits per heavy atom. The maximum atomic E-state index is 12.7. The first-order chi connectivity index (χ1) is 10.4. The van der Waals surface area contributed by atoms with Gasteiger partial charge < -0.3 is 15.5 Å². The van der Waals surface area contributed by atoms with Gasteiger partial charge in [-0.15, -0.1) is 0 Å². The molecule has 22 heavy (non-hydrogen) atoms. The molecule has 0 unspecified atom stereocenters. The summed E-state index contributed by atoms with van der Waals surface area (Å²) in [5, 5.41) is 0. The van der Waals surface area contributed by atoms with Crippen LogP contribution >= 0.6 is 0 Å². The first kappa shape index (κ1) is 18.2. The fraction of sp³-hybridized carbons (Fsp3) is 0.529. The average Bonchev–Trinajstić information content (AvgIpc) is 2.45. The van der Waals surface area contributed by atoms with Crippen LogP contribution in [0.2, 0.25) is 0 Å². The van der Waals surface area contributed by atoms with Gasteiger partial charge in [-0.25, -0.2) is 0 Å². The number of hydrogen-bond donors (Lipinski definition) is 1. The van der Waals surface area contributed by atoms with Crippen LogP contribution in [0.5, 0.6) is 0 Å². The van der Waals surface area contributed by atoms with Crippen LogP contribution in [0.3, 0.4) is 0 Å². The fourth-order valence-corrected chi connectivity index (χ4v) is 2.45. The molecule has 122 valence electrons. The zero-order valence-corrected chi connectivity index (χ0v) is 14.1. The van der Waals surface area contributed by atoms with Gasteiger partial charge in [-0.1, -0.05) is 13.8 Å². The van der Waals surface area contributed by atoms with Gasteiger partial charge in [0.2, 0.25) is 5.91 Å². The molecule has 0 aliphatic heterocycles. The molecule has 5 nitrogen and oxygen atoms in total. The SMILES string of the molecule is CCCN(CCC)C(=O)c1cc(CN(C)C)cc(C(N)=O)c1. The first-order valence-electron chi connectivity index (χ1n) is 7.76. The molecule has 0 aliphatic carbocycles. The topological polar surface area (TPSA) is 66.6 Å². The number of nitrogens with zero attached hydrogens (tertiary/aromatic N) is 2. The van der Waals surface area contributed by atoms with Gasteiger partial charge in [0.15, 0.2) is 0 Å². The normalized spacial score (nSPS) is 10.8. The van der Waals surface area contributed by atoms with Crippen molar-refractivity contribution in [3.05, 3.63) is 34.9 Å². The van der Waals surface area contributed by atoms with Crippen molar-refractivity contribution in [2.75, 3.05) is 27.2 Å². The van der Waals surface area contributed by atoms with E-state index in [-0.39, 0.29) is 5.91 Å². The second-order valence-electron chi connectivity index (χ2n) is 5.81. The highest BCUT2D eigenvalue weighted by Gasteiger charge is 2.17. The Morgan fingerprint density at radius 2 is 1.55 bits per heavy atom. The Hall–Kier alpha value is -1.88.